The fraction of sp³-hybridized carbons (Fsp3) is 0.955. The van der Waals surface area contributed by atoms with E-state index in [1.807, 2.05) is 14.0 Å². The summed E-state index contributed by atoms with van der Waals surface area (Å²) < 4.78 is 6.71. The summed E-state index contributed by atoms with van der Waals surface area (Å²) in [5.41, 5.74) is -1.79. The van der Waals surface area contributed by atoms with Crippen LogP contribution in [0.25, 0.3) is 5.32 Å². The maximum absolute atomic E-state index is 11.4. The van der Waals surface area contributed by atoms with Gasteiger partial charge in [0, 0.05) is 11.1 Å². The molecule has 5 nitrogen and oxygen atoms in total. The summed E-state index contributed by atoms with van der Waals surface area (Å²) in [6.07, 6.45) is 6.12. The third-order valence-electron chi connectivity index (χ3n) is 8.28. The molecule has 6 heteroatoms. The Hall–Kier alpha value is -0.360. The van der Waals surface area contributed by atoms with Crippen molar-refractivity contribution >= 4 is 18.0 Å². The highest BCUT2D eigenvalue weighted by Crippen LogP contribution is 2.58. The van der Waals surface area contributed by atoms with Gasteiger partial charge in [0.05, 0.1) is 16.6 Å². The molecule has 28 heavy (non-hydrogen) atoms. The second-order valence-electron chi connectivity index (χ2n) is 10.6. The van der Waals surface area contributed by atoms with Crippen molar-refractivity contribution in [1.29, 1.82) is 0 Å². The molecule has 0 bridgehead atoms. The number of nitrogens with zero attached hydrogens (tertiary/aromatic N) is 1. The second-order valence-corrected chi connectivity index (χ2v) is 11.2. The van der Waals surface area contributed by atoms with Crippen molar-refractivity contribution in [2.75, 3.05) is 7.05 Å². The smallest absolute Gasteiger partial charge is 0.207 e. The highest BCUT2D eigenvalue weighted by Gasteiger charge is 2.58. The fourth-order valence-electron chi connectivity index (χ4n) is 6.71. The second kappa shape index (κ2) is 7.40. The molecular weight excluding hydrogens is 376 g/mol. The number of ether oxygens (including phenoxy) is 1. The first-order valence-corrected chi connectivity index (χ1v) is 11.2. The van der Waals surface area contributed by atoms with Gasteiger partial charge in [0.1, 0.15) is 0 Å². The van der Waals surface area contributed by atoms with Crippen molar-refractivity contribution < 1.29 is 14.6 Å². The number of hydrogen-bond donors (Lipinski definition) is 2. The Morgan fingerprint density at radius 3 is 2.29 bits per heavy atom. The predicted molar refractivity (Wildman–Crippen MR) is 113 cm³/mol. The summed E-state index contributed by atoms with van der Waals surface area (Å²) in [7, 11) is 1.82. The van der Waals surface area contributed by atoms with Gasteiger partial charge in [-0.05, 0) is 90.9 Å². The van der Waals surface area contributed by atoms with Crippen LogP contribution in [0.15, 0.2) is 0 Å². The lowest BCUT2D eigenvalue weighted by molar-refractivity contribution is -0.220. The topological polar surface area (TPSA) is 72.7 Å². The molecule has 3 fully saturated rings. The predicted octanol–water partition coefficient (Wildman–Crippen LogP) is 4.01. The van der Waals surface area contributed by atoms with Gasteiger partial charge in [-0.2, -0.15) is 7.05 Å². The SMILES string of the molecule is C[N-][C@@H]1[C@@H]2[C@@H]([C@@]3(C)CC[C@@H](Cl)C(C)(C)O3)CC[C@](C)(NC=O)[C@H]2CC[C@@]1(C)O. The van der Waals surface area contributed by atoms with Gasteiger partial charge in [-0.25, -0.2) is 0 Å². The third kappa shape index (κ3) is 3.61. The van der Waals surface area contributed by atoms with Crippen molar-refractivity contribution in [3.05, 3.63) is 5.32 Å². The summed E-state index contributed by atoms with van der Waals surface area (Å²) >= 11 is 6.57. The van der Waals surface area contributed by atoms with Gasteiger partial charge < -0.3 is 20.5 Å². The highest BCUT2D eigenvalue weighted by molar-refractivity contribution is 6.21. The van der Waals surface area contributed by atoms with E-state index in [1.165, 1.54) is 0 Å². The van der Waals surface area contributed by atoms with Crippen molar-refractivity contribution in [2.45, 2.75) is 107 Å². The minimum absolute atomic E-state index is 0.00285. The van der Waals surface area contributed by atoms with Crippen LogP contribution in [0.5, 0.6) is 0 Å². The molecule has 0 aromatic carbocycles. The summed E-state index contributed by atoms with van der Waals surface area (Å²) in [4.78, 5) is 11.4. The van der Waals surface area contributed by atoms with E-state index in [-0.39, 0.29) is 45.9 Å². The molecule has 0 aromatic heterocycles. The number of aliphatic hydroxyl groups is 1. The van der Waals surface area contributed by atoms with Crippen LogP contribution >= 0.6 is 11.6 Å². The number of carbonyl (C=O) groups excluding carboxylic acids is 1. The lowest BCUT2D eigenvalue weighted by atomic mass is 9.50. The van der Waals surface area contributed by atoms with Crippen molar-refractivity contribution in [3.8, 4) is 0 Å². The average molecular weight is 414 g/mol. The van der Waals surface area contributed by atoms with Crippen LogP contribution in [0.4, 0.5) is 0 Å². The van der Waals surface area contributed by atoms with E-state index in [4.69, 9.17) is 21.7 Å². The minimum atomic E-state index is -0.830. The number of fused-ring (bicyclic) bond motifs is 1. The van der Waals surface area contributed by atoms with Crippen LogP contribution in [0.2, 0.25) is 0 Å². The molecule has 2 saturated carbocycles. The number of alkyl halides is 1. The van der Waals surface area contributed by atoms with Crippen LogP contribution in [0, 0.1) is 17.8 Å². The van der Waals surface area contributed by atoms with Crippen LogP contribution < -0.4 is 5.32 Å². The van der Waals surface area contributed by atoms with Crippen molar-refractivity contribution in [3.63, 3.8) is 0 Å². The van der Waals surface area contributed by atoms with Gasteiger partial charge in [-0.1, -0.05) is 0 Å². The quantitative estimate of drug-likeness (QED) is 0.540. The van der Waals surface area contributed by atoms with Crippen molar-refractivity contribution in [2.24, 2.45) is 17.8 Å². The number of amides is 1. The Bertz CT molecular complexity index is 598. The zero-order valence-electron chi connectivity index (χ0n) is 18.3. The normalized spacial score (nSPS) is 51.2. The molecule has 1 amide bonds. The Labute approximate surface area is 175 Å². The monoisotopic (exact) mass is 413 g/mol. The molecule has 2 aliphatic carbocycles. The van der Waals surface area contributed by atoms with Crippen molar-refractivity contribution in [1.82, 2.24) is 5.32 Å². The molecule has 3 aliphatic rings. The van der Waals surface area contributed by atoms with E-state index in [1.54, 1.807) is 0 Å². The molecule has 1 aliphatic heterocycles. The largest absolute Gasteiger partial charge is 0.660 e. The molecule has 1 saturated heterocycles. The van der Waals surface area contributed by atoms with E-state index in [0.29, 0.717) is 6.42 Å². The summed E-state index contributed by atoms with van der Waals surface area (Å²) in [5.74, 6) is 0.693. The number of halogens is 1. The number of rotatable bonds is 4. The zero-order valence-corrected chi connectivity index (χ0v) is 19.1. The molecule has 0 radical (unpaired) electrons. The van der Waals surface area contributed by atoms with E-state index in [0.717, 1.165) is 38.5 Å². The summed E-state index contributed by atoms with van der Waals surface area (Å²) in [6, 6.07) is -0.165. The lowest BCUT2D eigenvalue weighted by Gasteiger charge is -2.65. The first-order valence-electron chi connectivity index (χ1n) is 10.8. The Morgan fingerprint density at radius 2 is 1.71 bits per heavy atom. The van der Waals surface area contributed by atoms with Crippen LogP contribution in [0.1, 0.15) is 73.1 Å². The van der Waals surface area contributed by atoms with Crippen LogP contribution in [-0.2, 0) is 9.53 Å². The maximum atomic E-state index is 11.4. The molecule has 2 N–H and O–H groups in total. The fourth-order valence-corrected chi connectivity index (χ4v) is 6.87. The van der Waals surface area contributed by atoms with E-state index in [9.17, 15) is 9.90 Å². The van der Waals surface area contributed by atoms with Crippen LogP contribution in [-0.4, -0.2) is 52.3 Å². The standard InChI is InChI=1S/C22H38ClN2O3/c1-19(2)16(23)9-12-22(5,28-19)15-7-10-20(3,25-13-26)14-8-11-21(4,27)18(24-6)17(14)15/h13-18,27H,7-12H2,1-6H3,(H,25,26)/q-1/t14-,15-,16+,17-,18+,20-,21+,22+/m0/s1. The molecular formula is C22H38ClN2O3-. The van der Waals surface area contributed by atoms with Gasteiger partial charge in [0.15, 0.2) is 0 Å². The summed E-state index contributed by atoms with van der Waals surface area (Å²) in [5, 5.41) is 19.0. The van der Waals surface area contributed by atoms with Gasteiger partial charge in [0.2, 0.25) is 6.41 Å². The van der Waals surface area contributed by atoms with E-state index >= 15 is 0 Å². The molecule has 162 valence electrons. The molecule has 8 atom stereocenters. The Balaban J connectivity index is 2.00. The first-order chi connectivity index (χ1) is 12.9. The van der Waals surface area contributed by atoms with Gasteiger partial charge in [-0.15, -0.1) is 17.6 Å². The van der Waals surface area contributed by atoms with Gasteiger partial charge >= 0.3 is 0 Å². The highest BCUT2D eigenvalue weighted by atomic mass is 35.5. The molecule has 0 aromatic rings. The molecule has 0 unspecified atom stereocenters. The maximum Gasteiger partial charge on any atom is 0.207 e. The van der Waals surface area contributed by atoms with E-state index < -0.39 is 5.60 Å². The minimum Gasteiger partial charge on any atom is -0.660 e. The lowest BCUT2D eigenvalue weighted by Crippen LogP contribution is -2.67. The van der Waals surface area contributed by atoms with E-state index in [2.05, 4.69) is 33.0 Å². The first kappa shape index (κ1) is 22.3. The zero-order chi connectivity index (χ0) is 21.0. The number of nitrogens with one attached hydrogen (secondary N) is 1. The summed E-state index contributed by atoms with van der Waals surface area (Å²) in [6.45, 7) is 10.5. The number of carbonyl (C=O) groups is 1. The Kier molecular flexibility index (Phi) is 5.90. The Morgan fingerprint density at radius 1 is 1.07 bits per heavy atom. The molecule has 3 rings (SSSR count). The van der Waals surface area contributed by atoms with Gasteiger partial charge in [-0.3, -0.25) is 4.79 Å². The number of hydrogen-bond acceptors (Lipinski definition) is 3. The third-order valence-corrected chi connectivity index (χ3v) is 9.03. The molecule has 0 spiro atoms. The number of likely N-dealkylation sites (N-methyl/N-ethyl adjacent to an activating group) is 1. The average Bonchev–Trinajstić information content (AvgIpc) is 2.57. The molecule has 1 heterocycles. The van der Waals surface area contributed by atoms with Gasteiger partial charge in [0.25, 0.3) is 0 Å². The van der Waals surface area contributed by atoms with Crippen LogP contribution in [0.3, 0.4) is 0 Å².